The van der Waals surface area contributed by atoms with Crippen LogP contribution in [0.3, 0.4) is 0 Å². The van der Waals surface area contributed by atoms with Crippen molar-refractivity contribution in [1.82, 2.24) is 5.32 Å². The van der Waals surface area contributed by atoms with E-state index in [0.717, 1.165) is 18.9 Å². The van der Waals surface area contributed by atoms with E-state index in [1.165, 1.54) is 12.8 Å². The van der Waals surface area contributed by atoms with Crippen LogP contribution in [0.5, 0.6) is 0 Å². The lowest BCUT2D eigenvalue weighted by Crippen LogP contribution is -2.23. The zero-order valence-electron chi connectivity index (χ0n) is 5.76. The minimum Gasteiger partial charge on any atom is -0.313 e. The second-order valence-corrected chi connectivity index (χ2v) is 2.80. The Bertz CT molecular complexity index is 99.1. The molecule has 0 radical (unpaired) electrons. The number of rotatable bonds is 4. The number of hydrogen-bond donors (Lipinski definition) is 1. The summed E-state index contributed by atoms with van der Waals surface area (Å²) in [6.07, 6.45) is 3.59. The Morgan fingerprint density at radius 2 is 2.44 bits per heavy atom. The fraction of sp³-hybridized carbons (Fsp3) is 0.857. The van der Waals surface area contributed by atoms with Crippen LogP contribution in [0.25, 0.3) is 0 Å². The van der Waals surface area contributed by atoms with Gasteiger partial charge in [0, 0.05) is 18.5 Å². The summed E-state index contributed by atoms with van der Waals surface area (Å²) in [7, 11) is 0. The number of aldehydes is 1. The molecule has 0 amide bonds. The van der Waals surface area contributed by atoms with Crippen molar-refractivity contribution in [3.05, 3.63) is 0 Å². The van der Waals surface area contributed by atoms with E-state index < -0.39 is 0 Å². The molecule has 0 heterocycles. The summed E-state index contributed by atoms with van der Waals surface area (Å²) in [4.78, 5) is 10.1. The third-order valence-electron chi connectivity index (χ3n) is 1.54. The van der Waals surface area contributed by atoms with E-state index in [-0.39, 0.29) is 5.92 Å². The Labute approximate surface area is 55.6 Å². The molecule has 2 nitrogen and oxygen atoms in total. The van der Waals surface area contributed by atoms with Gasteiger partial charge in [0.05, 0.1) is 0 Å². The molecule has 52 valence electrons. The van der Waals surface area contributed by atoms with Gasteiger partial charge in [-0.25, -0.2) is 0 Å². The average Bonchev–Trinajstić information content (AvgIpc) is 2.65. The minimum atomic E-state index is 0.186. The summed E-state index contributed by atoms with van der Waals surface area (Å²) < 4.78 is 0. The van der Waals surface area contributed by atoms with Crippen LogP contribution in [0.15, 0.2) is 0 Å². The van der Waals surface area contributed by atoms with Crippen LogP contribution in [-0.2, 0) is 4.79 Å². The summed E-state index contributed by atoms with van der Waals surface area (Å²) in [6.45, 7) is 2.79. The third-order valence-corrected chi connectivity index (χ3v) is 1.54. The summed E-state index contributed by atoms with van der Waals surface area (Å²) >= 11 is 0. The maximum atomic E-state index is 10.1. The molecule has 0 aliphatic heterocycles. The zero-order chi connectivity index (χ0) is 6.69. The van der Waals surface area contributed by atoms with E-state index in [2.05, 4.69) is 5.32 Å². The highest BCUT2D eigenvalue weighted by molar-refractivity contribution is 5.52. The van der Waals surface area contributed by atoms with Crippen LogP contribution in [0, 0.1) is 5.92 Å². The van der Waals surface area contributed by atoms with Gasteiger partial charge in [0.2, 0.25) is 0 Å². The van der Waals surface area contributed by atoms with Gasteiger partial charge in [-0.2, -0.15) is 0 Å². The molecule has 0 saturated heterocycles. The molecule has 1 N–H and O–H groups in total. The molecule has 9 heavy (non-hydrogen) atoms. The first-order valence-electron chi connectivity index (χ1n) is 3.51. The number of carbonyl (C=O) groups is 1. The number of carbonyl (C=O) groups excluding carboxylic acids is 1. The topological polar surface area (TPSA) is 29.1 Å². The lowest BCUT2D eigenvalue weighted by Gasteiger charge is -2.02. The van der Waals surface area contributed by atoms with Gasteiger partial charge < -0.3 is 10.1 Å². The van der Waals surface area contributed by atoms with Gasteiger partial charge in [0.1, 0.15) is 6.29 Å². The molecule has 0 aromatic heterocycles. The largest absolute Gasteiger partial charge is 0.313 e. The third kappa shape index (κ3) is 2.61. The first kappa shape index (κ1) is 6.75. The van der Waals surface area contributed by atoms with Gasteiger partial charge in [0.15, 0.2) is 0 Å². The molecule has 1 rings (SSSR count). The van der Waals surface area contributed by atoms with Crippen molar-refractivity contribution >= 4 is 6.29 Å². The van der Waals surface area contributed by atoms with Crippen molar-refractivity contribution in [3.63, 3.8) is 0 Å². The van der Waals surface area contributed by atoms with Gasteiger partial charge in [-0.3, -0.25) is 0 Å². The molecular weight excluding hydrogens is 114 g/mol. The van der Waals surface area contributed by atoms with Crippen molar-refractivity contribution in [2.75, 3.05) is 6.54 Å². The van der Waals surface area contributed by atoms with E-state index in [0.29, 0.717) is 0 Å². The highest BCUT2D eigenvalue weighted by Crippen LogP contribution is 2.18. The smallest absolute Gasteiger partial charge is 0.124 e. The molecule has 1 saturated carbocycles. The van der Waals surface area contributed by atoms with Crippen molar-refractivity contribution < 1.29 is 4.79 Å². The van der Waals surface area contributed by atoms with Crippen LogP contribution < -0.4 is 5.32 Å². The van der Waals surface area contributed by atoms with Crippen LogP contribution >= 0.6 is 0 Å². The Balaban J connectivity index is 1.95. The lowest BCUT2D eigenvalue weighted by atomic mass is 10.2. The maximum Gasteiger partial charge on any atom is 0.124 e. The molecule has 0 bridgehead atoms. The first-order valence-corrected chi connectivity index (χ1v) is 3.51. The first-order chi connectivity index (χ1) is 4.33. The minimum absolute atomic E-state index is 0.186. The van der Waals surface area contributed by atoms with E-state index in [1.54, 1.807) is 0 Å². The van der Waals surface area contributed by atoms with E-state index >= 15 is 0 Å². The Kier molecular flexibility index (Phi) is 2.22. The fourth-order valence-electron chi connectivity index (χ4n) is 0.688. The average molecular weight is 127 g/mol. The van der Waals surface area contributed by atoms with Crippen LogP contribution in [0.1, 0.15) is 19.8 Å². The van der Waals surface area contributed by atoms with Crippen molar-refractivity contribution in [2.24, 2.45) is 5.92 Å². The quantitative estimate of drug-likeness (QED) is 0.559. The highest BCUT2D eigenvalue weighted by atomic mass is 16.1. The Hall–Kier alpha value is -0.370. The van der Waals surface area contributed by atoms with E-state index in [4.69, 9.17) is 0 Å². The second-order valence-electron chi connectivity index (χ2n) is 2.80. The van der Waals surface area contributed by atoms with Gasteiger partial charge in [-0.05, 0) is 12.8 Å². The SMILES string of the molecule is CC(C=O)CNC1CC1. The van der Waals surface area contributed by atoms with Gasteiger partial charge >= 0.3 is 0 Å². The standard InChI is InChI=1S/C7H13NO/c1-6(5-9)4-8-7-2-3-7/h5-8H,2-4H2,1H3. The maximum absolute atomic E-state index is 10.1. The Morgan fingerprint density at radius 3 is 2.89 bits per heavy atom. The highest BCUT2D eigenvalue weighted by Gasteiger charge is 2.20. The van der Waals surface area contributed by atoms with Gasteiger partial charge in [-0.15, -0.1) is 0 Å². The molecule has 0 aromatic rings. The number of nitrogens with one attached hydrogen (secondary N) is 1. The number of hydrogen-bond acceptors (Lipinski definition) is 2. The molecule has 1 aliphatic rings. The van der Waals surface area contributed by atoms with Crippen LogP contribution in [0.4, 0.5) is 0 Å². The summed E-state index contributed by atoms with van der Waals surface area (Å²) in [5.41, 5.74) is 0. The molecule has 0 spiro atoms. The summed E-state index contributed by atoms with van der Waals surface area (Å²) in [5, 5.41) is 3.28. The molecule has 1 aliphatic carbocycles. The van der Waals surface area contributed by atoms with Gasteiger partial charge in [0.25, 0.3) is 0 Å². The molecule has 1 atom stereocenters. The normalized spacial score (nSPS) is 21.4. The molecule has 1 fully saturated rings. The summed E-state index contributed by atoms with van der Waals surface area (Å²) in [6, 6.07) is 0.729. The van der Waals surface area contributed by atoms with Crippen LogP contribution in [0.2, 0.25) is 0 Å². The lowest BCUT2D eigenvalue weighted by molar-refractivity contribution is -0.110. The van der Waals surface area contributed by atoms with Crippen molar-refractivity contribution in [1.29, 1.82) is 0 Å². The molecule has 0 aromatic carbocycles. The molecular formula is C7H13NO. The second kappa shape index (κ2) is 2.97. The predicted octanol–water partition coefficient (Wildman–Crippen LogP) is 0.573. The van der Waals surface area contributed by atoms with E-state index in [9.17, 15) is 4.79 Å². The predicted molar refractivity (Wildman–Crippen MR) is 36.3 cm³/mol. The summed E-state index contributed by atoms with van der Waals surface area (Å²) in [5.74, 6) is 0.186. The van der Waals surface area contributed by atoms with Crippen molar-refractivity contribution in [3.8, 4) is 0 Å². The zero-order valence-corrected chi connectivity index (χ0v) is 5.76. The fourth-order valence-corrected chi connectivity index (χ4v) is 0.688. The van der Waals surface area contributed by atoms with E-state index in [1.807, 2.05) is 6.92 Å². The van der Waals surface area contributed by atoms with Crippen molar-refractivity contribution in [2.45, 2.75) is 25.8 Å². The Morgan fingerprint density at radius 1 is 1.78 bits per heavy atom. The van der Waals surface area contributed by atoms with Gasteiger partial charge in [-0.1, -0.05) is 6.92 Å². The van der Waals surface area contributed by atoms with Crippen LogP contribution in [-0.4, -0.2) is 18.9 Å². The molecule has 1 unspecified atom stereocenters. The monoisotopic (exact) mass is 127 g/mol. The molecule has 2 heteroatoms.